The van der Waals surface area contributed by atoms with Crippen LogP contribution in [-0.2, 0) is 24.1 Å². The molecule has 0 radical (unpaired) electrons. The van der Waals surface area contributed by atoms with E-state index in [1.807, 2.05) is 36.7 Å². The average Bonchev–Trinajstić information content (AvgIpc) is 3.44. The molecule has 0 atom stereocenters. The van der Waals surface area contributed by atoms with Gasteiger partial charge in [-0.15, -0.1) is 0 Å². The summed E-state index contributed by atoms with van der Waals surface area (Å²) in [6.07, 6.45) is -3.02. The second kappa shape index (κ2) is 8.66. The Kier molecular flexibility index (Phi) is 6.23. The molecule has 0 saturated heterocycles. The van der Waals surface area contributed by atoms with Gasteiger partial charge in [-0.1, -0.05) is 12.1 Å². The lowest BCUT2D eigenvalue weighted by Crippen LogP contribution is -2.21. The number of aryl methyl sites for hydroxylation is 1. The van der Waals surface area contributed by atoms with Crippen molar-refractivity contribution in [1.29, 1.82) is 0 Å². The van der Waals surface area contributed by atoms with E-state index in [-0.39, 0.29) is 16.9 Å². The molecule has 32 heavy (non-hydrogen) atoms. The highest BCUT2D eigenvalue weighted by molar-refractivity contribution is 9.10. The predicted molar refractivity (Wildman–Crippen MR) is 120 cm³/mol. The lowest BCUT2D eigenvalue weighted by atomic mass is 10.2. The van der Waals surface area contributed by atoms with Crippen LogP contribution in [0.25, 0.3) is 0 Å². The Hall–Kier alpha value is -2.14. The second-order valence-electron chi connectivity index (χ2n) is 7.87. The van der Waals surface area contributed by atoms with Gasteiger partial charge in [0.25, 0.3) is 0 Å². The Bertz CT molecular complexity index is 1180. The first-order chi connectivity index (χ1) is 15.0. The molecule has 0 spiro atoms. The summed E-state index contributed by atoms with van der Waals surface area (Å²) in [5, 5.41) is 10.9. The van der Waals surface area contributed by atoms with Crippen LogP contribution in [-0.4, -0.2) is 25.5 Å². The third-order valence-corrected chi connectivity index (χ3v) is 7.22. The Morgan fingerprint density at radius 1 is 1.16 bits per heavy atom. The number of hydrogen-bond acceptors (Lipinski definition) is 3. The molecule has 1 aromatic carbocycles. The first kappa shape index (κ1) is 23.0. The van der Waals surface area contributed by atoms with E-state index in [4.69, 9.17) is 0 Å². The highest BCUT2D eigenvalue weighted by Gasteiger charge is 2.41. The molecule has 11 heteroatoms. The van der Waals surface area contributed by atoms with Gasteiger partial charge in [0.1, 0.15) is 6.54 Å². The van der Waals surface area contributed by atoms with Crippen LogP contribution in [0, 0.1) is 13.8 Å². The van der Waals surface area contributed by atoms with E-state index in [0.717, 1.165) is 38.9 Å². The van der Waals surface area contributed by atoms with Crippen LogP contribution >= 0.6 is 31.9 Å². The van der Waals surface area contributed by atoms with Gasteiger partial charge in [0, 0.05) is 11.6 Å². The number of nitrogens with one attached hydrogen (secondary N) is 1. The molecule has 0 bridgehead atoms. The molecule has 170 valence electrons. The molecule has 1 amide bonds. The molecule has 0 aliphatic heterocycles. The summed E-state index contributed by atoms with van der Waals surface area (Å²) in [4.78, 5) is 12.6. The zero-order valence-corrected chi connectivity index (χ0v) is 20.5. The lowest BCUT2D eigenvalue weighted by Gasteiger charge is -2.10. The van der Waals surface area contributed by atoms with Gasteiger partial charge in [0.2, 0.25) is 5.91 Å². The maximum absolute atomic E-state index is 13.3. The number of anilines is 1. The normalized spacial score (nSPS) is 14.1. The molecule has 2 heterocycles. The quantitative estimate of drug-likeness (QED) is 0.404. The monoisotopic (exact) mass is 573 g/mol. The van der Waals surface area contributed by atoms with Gasteiger partial charge in [-0.2, -0.15) is 23.4 Å². The fraction of sp³-hybridized carbons (Fsp3) is 0.381. The number of rotatable bonds is 6. The first-order valence-electron chi connectivity index (χ1n) is 9.96. The van der Waals surface area contributed by atoms with Crippen molar-refractivity contribution in [3.63, 3.8) is 0 Å². The topological polar surface area (TPSA) is 64.7 Å². The predicted octanol–water partition coefficient (Wildman–Crippen LogP) is 5.80. The molecule has 1 aliphatic carbocycles. The number of halogens is 5. The zero-order chi connectivity index (χ0) is 23.2. The number of carbonyl (C=O) groups excluding carboxylic acids is 1. The van der Waals surface area contributed by atoms with Gasteiger partial charge in [0.05, 0.1) is 32.6 Å². The van der Waals surface area contributed by atoms with Gasteiger partial charge >= 0.3 is 6.18 Å². The van der Waals surface area contributed by atoms with Crippen LogP contribution in [0.3, 0.4) is 0 Å². The van der Waals surface area contributed by atoms with Crippen LogP contribution < -0.4 is 5.32 Å². The maximum atomic E-state index is 13.3. The lowest BCUT2D eigenvalue weighted by molar-refractivity contribution is -0.142. The van der Waals surface area contributed by atoms with E-state index in [2.05, 4.69) is 47.4 Å². The molecule has 2 aromatic heterocycles. The summed E-state index contributed by atoms with van der Waals surface area (Å²) in [6, 6.07) is 7.30. The largest absolute Gasteiger partial charge is 0.436 e. The highest BCUT2D eigenvalue weighted by Crippen LogP contribution is 2.46. The third-order valence-electron chi connectivity index (χ3n) is 5.29. The van der Waals surface area contributed by atoms with Gasteiger partial charge < -0.3 is 5.32 Å². The molecular formula is C21H20Br2F3N5O. The van der Waals surface area contributed by atoms with Gasteiger partial charge in [-0.25, -0.2) is 0 Å². The molecular weight excluding hydrogens is 555 g/mol. The number of alkyl halides is 3. The number of nitrogens with zero attached hydrogens (tertiary/aromatic N) is 4. The van der Waals surface area contributed by atoms with Crippen LogP contribution in [0.5, 0.6) is 0 Å². The summed E-state index contributed by atoms with van der Waals surface area (Å²) in [7, 11) is 0. The van der Waals surface area contributed by atoms with Crippen molar-refractivity contribution < 1.29 is 18.0 Å². The minimum Gasteiger partial charge on any atom is -0.324 e. The highest BCUT2D eigenvalue weighted by atomic mass is 79.9. The molecule has 1 saturated carbocycles. The first-order valence-corrected chi connectivity index (χ1v) is 11.5. The fourth-order valence-corrected chi connectivity index (χ4v) is 4.70. The van der Waals surface area contributed by atoms with E-state index in [1.54, 1.807) is 6.07 Å². The van der Waals surface area contributed by atoms with Crippen molar-refractivity contribution in [1.82, 2.24) is 19.6 Å². The van der Waals surface area contributed by atoms with Crippen molar-refractivity contribution >= 4 is 43.5 Å². The molecule has 3 aromatic rings. The van der Waals surface area contributed by atoms with Gasteiger partial charge in [-0.05, 0) is 76.2 Å². The van der Waals surface area contributed by atoms with Gasteiger partial charge in [0.15, 0.2) is 5.69 Å². The van der Waals surface area contributed by atoms with Crippen LogP contribution in [0.15, 0.2) is 33.2 Å². The second-order valence-corrected chi connectivity index (χ2v) is 9.45. The molecule has 1 N–H and O–H groups in total. The minimum atomic E-state index is -4.59. The number of benzene rings is 1. The minimum absolute atomic E-state index is 0.0100. The molecule has 1 aliphatic rings. The summed E-state index contributed by atoms with van der Waals surface area (Å²) in [5.41, 5.74) is 2.81. The van der Waals surface area contributed by atoms with Crippen molar-refractivity contribution in [2.24, 2.45) is 0 Å². The van der Waals surface area contributed by atoms with Crippen molar-refractivity contribution in [3.05, 3.63) is 61.6 Å². The Balaban J connectivity index is 1.49. The van der Waals surface area contributed by atoms with Crippen molar-refractivity contribution in [2.75, 3.05) is 5.32 Å². The summed E-state index contributed by atoms with van der Waals surface area (Å²) in [5.74, 6) is -0.453. The van der Waals surface area contributed by atoms with E-state index < -0.39 is 17.8 Å². The van der Waals surface area contributed by atoms with E-state index in [1.165, 1.54) is 0 Å². The Labute approximate surface area is 199 Å². The third kappa shape index (κ3) is 4.78. The van der Waals surface area contributed by atoms with Crippen molar-refractivity contribution in [2.45, 2.75) is 51.9 Å². The summed E-state index contributed by atoms with van der Waals surface area (Å²) >= 11 is 6.55. The summed E-state index contributed by atoms with van der Waals surface area (Å²) in [6.45, 7) is 4.10. The zero-order valence-electron chi connectivity index (χ0n) is 17.3. The Morgan fingerprint density at radius 2 is 1.88 bits per heavy atom. The smallest absolute Gasteiger partial charge is 0.324 e. The fourth-order valence-electron chi connectivity index (χ4n) is 3.59. The Morgan fingerprint density at radius 3 is 2.47 bits per heavy atom. The number of aromatic nitrogens is 4. The maximum Gasteiger partial charge on any atom is 0.436 e. The number of hydrogen-bond donors (Lipinski definition) is 1. The SMILES string of the molecule is Cc1nn(Cc2cccc(NC(=O)Cn3nc(C(F)(F)F)c(Br)c3C3CC3)c2)c(C)c1Br. The molecule has 1 fully saturated rings. The number of carbonyl (C=O) groups is 1. The summed E-state index contributed by atoms with van der Waals surface area (Å²) < 4.78 is 43.7. The van der Waals surface area contributed by atoms with Crippen LogP contribution in [0.4, 0.5) is 18.9 Å². The standard InChI is InChI=1S/C21H20Br2F3N5O/c1-11-17(22)12(2)30(28-11)9-13-4-3-5-15(8-13)27-16(32)10-31-19(14-6-7-14)18(23)20(29-31)21(24,25)26/h3-5,8,14H,6-7,9-10H2,1-2H3,(H,27,32). The van der Waals surface area contributed by atoms with E-state index in [9.17, 15) is 18.0 Å². The molecule has 4 rings (SSSR count). The van der Waals surface area contributed by atoms with Crippen LogP contribution in [0.2, 0.25) is 0 Å². The molecule has 6 nitrogen and oxygen atoms in total. The van der Waals surface area contributed by atoms with E-state index >= 15 is 0 Å². The van der Waals surface area contributed by atoms with Crippen LogP contribution in [0.1, 0.15) is 47.1 Å². The van der Waals surface area contributed by atoms with E-state index in [0.29, 0.717) is 17.9 Å². The number of amides is 1. The van der Waals surface area contributed by atoms with Crippen molar-refractivity contribution in [3.8, 4) is 0 Å². The molecule has 0 unspecified atom stereocenters. The average molecular weight is 575 g/mol. The van der Waals surface area contributed by atoms with Gasteiger partial charge in [-0.3, -0.25) is 14.2 Å².